The lowest BCUT2D eigenvalue weighted by Crippen LogP contribution is -2.35. The molecule has 0 aromatic heterocycles. The van der Waals surface area contributed by atoms with Crippen molar-refractivity contribution in [2.24, 2.45) is 16.6 Å². The third kappa shape index (κ3) is 5.07. The van der Waals surface area contributed by atoms with Crippen LogP contribution in [-0.4, -0.2) is 44.1 Å². The minimum absolute atomic E-state index is 0.409. The molecule has 22 heavy (non-hydrogen) atoms. The summed E-state index contributed by atoms with van der Waals surface area (Å²) in [7, 11) is 1.59. The normalized spacial score (nSPS) is 17.5. The summed E-state index contributed by atoms with van der Waals surface area (Å²) in [5.41, 5.74) is 6.71. The Bertz CT molecular complexity index is 513. The number of aliphatic imine (C=N–C) groups is 1. The van der Waals surface area contributed by atoms with Gasteiger partial charge in [0.15, 0.2) is 5.96 Å². The lowest BCUT2D eigenvalue weighted by molar-refractivity contribution is 0.197. The molecule has 0 aliphatic carbocycles. The van der Waals surface area contributed by atoms with Crippen LogP contribution in [0.5, 0.6) is 5.75 Å². The van der Waals surface area contributed by atoms with Crippen molar-refractivity contribution in [3.05, 3.63) is 23.2 Å². The van der Waals surface area contributed by atoms with Gasteiger partial charge in [-0.2, -0.15) is 0 Å². The maximum absolute atomic E-state index is 6.08. The molecule has 1 saturated heterocycles. The summed E-state index contributed by atoms with van der Waals surface area (Å²) in [5, 5.41) is 3.59. The van der Waals surface area contributed by atoms with Crippen LogP contribution in [0.3, 0.4) is 0 Å². The number of rotatable bonds is 5. The Morgan fingerprint density at radius 2 is 2.18 bits per heavy atom. The summed E-state index contributed by atoms with van der Waals surface area (Å²) in [4.78, 5) is 6.82. The molecular formula is C16H25ClN4O. The number of benzene rings is 1. The third-order valence-corrected chi connectivity index (χ3v) is 4.29. The van der Waals surface area contributed by atoms with Crippen LogP contribution >= 0.6 is 11.6 Å². The fourth-order valence-electron chi connectivity index (χ4n) is 2.53. The van der Waals surface area contributed by atoms with Gasteiger partial charge in [0.05, 0.1) is 18.7 Å². The molecule has 1 aromatic carbocycles. The second-order valence-corrected chi connectivity index (χ2v) is 6.17. The predicted octanol–water partition coefficient (Wildman–Crippen LogP) is 2.81. The van der Waals surface area contributed by atoms with Gasteiger partial charge in [-0.05, 0) is 50.0 Å². The van der Waals surface area contributed by atoms with Crippen molar-refractivity contribution in [2.75, 3.05) is 38.6 Å². The Balaban J connectivity index is 1.79. The summed E-state index contributed by atoms with van der Waals surface area (Å²) in [5.74, 6) is 1.90. The predicted molar refractivity (Wildman–Crippen MR) is 93.0 cm³/mol. The number of piperidine rings is 1. The first-order chi connectivity index (χ1) is 10.6. The highest BCUT2D eigenvalue weighted by Crippen LogP contribution is 2.27. The van der Waals surface area contributed by atoms with Crippen LogP contribution in [0.4, 0.5) is 5.69 Å². The molecule has 3 N–H and O–H groups in total. The third-order valence-electron chi connectivity index (χ3n) is 4.00. The van der Waals surface area contributed by atoms with Gasteiger partial charge in [-0.1, -0.05) is 18.5 Å². The van der Waals surface area contributed by atoms with Gasteiger partial charge < -0.3 is 20.7 Å². The van der Waals surface area contributed by atoms with E-state index in [1.165, 1.54) is 12.8 Å². The van der Waals surface area contributed by atoms with E-state index < -0.39 is 0 Å². The number of nitrogens with two attached hydrogens (primary N) is 1. The van der Waals surface area contributed by atoms with E-state index >= 15 is 0 Å². The number of guanidine groups is 1. The Hall–Kier alpha value is -1.46. The lowest BCUT2D eigenvalue weighted by Gasteiger charge is -2.29. The van der Waals surface area contributed by atoms with Gasteiger partial charge in [0, 0.05) is 12.2 Å². The van der Waals surface area contributed by atoms with Crippen molar-refractivity contribution in [2.45, 2.75) is 19.8 Å². The zero-order valence-electron chi connectivity index (χ0n) is 13.3. The Morgan fingerprint density at radius 3 is 2.82 bits per heavy atom. The van der Waals surface area contributed by atoms with E-state index in [2.05, 4.69) is 22.1 Å². The van der Waals surface area contributed by atoms with Gasteiger partial charge >= 0.3 is 0 Å². The zero-order chi connectivity index (χ0) is 15.9. The first-order valence-electron chi connectivity index (χ1n) is 7.71. The maximum Gasteiger partial charge on any atom is 0.193 e. The standard InChI is InChI=1S/C16H25ClN4O/c1-12-5-8-21(9-6-12)10-7-19-16(18)20-13-3-4-15(22-2)14(17)11-13/h3-4,11-12H,5-10H2,1-2H3,(H3,18,19,20). The summed E-state index contributed by atoms with van der Waals surface area (Å²) in [6.07, 6.45) is 2.56. The first-order valence-corrected chi connectivity index (χ1v) is 8.09. The molecule has 0 atom stereocenters. The monoisotopic (exact) mass is 324 g/mol. The quantitative estimate of drug-likeness (QED) is 0.646. The van der Waals surface area contributed by atoms with Crippen molar-refractivity contribution in [1.29, 1.82) is 0 Å². The molecule has 0 amide bonds. The van der Waals surface area contributed by atoms with Crippen molar-refractivity contribution < 1.29 is 4.74 Å². The maximum atomic E-state index is 6.08. The van der Waals surface area contributed by atoms with Crippen LogP contribution in [0.15, 0.2) is 23.2 Å². The highest BCUT2D eigenvalue weighted by molar-refractivity contribution is 6.32. The van der Waals surface area contributed by atoms with Crippen LogP contribution in [0.2, 0.25) is 5.02 Å². The van der Waals surface area contributed by atoms with Crippen molar-refractivity contribution in [3.8, 4) is 5.75 Å². The molecule has 6 heteroatoms. The van der Waals surface area contributed by atoms with Crippen LogP contribution < -0.4 is 15.8 Å². The smallest absolute Gasteiger partial charge is 0.193 e. The lowest BCUT2D eigenvalue weighted by atomic mass is 9.99. The number of hydrogen-bond acceptors (Lipinski definition) is 3. The molecule has 2 rings (SSSR count). The molecule has 0 saturated carbocycles. The number of likely N-dealkylation sites (tertiary alicyclic amines) is 1. The second-order valence-electron chi connectivity index (χ2n) is 5.77. The molecular weight excluding hydrogens is 300 g/mol. The first kappa shape index (κ1) is 16.9. The van der Waals surface area contributed by atoms with Gasteiger partial charge in [-0.15, -0.1) is 0 Å². The zero-order valence-corrected chi connectivity index (χ0v) is 14.1. The summed E-state index contributed by atoms with van der Waals surface area (Å²) >= 11 is 6.08. The van der Waals surface area contributed by atoms with Gasteiger partial charge in [-0.3, -0.25) is 4.99 Å². The van der Waals surface area contributed by atoms with E-state index in [0.717, 1.165) is 31.2 Å². The number of hydrogen-bond donors (Lipinski definition) is 2. The number of nitrogens with one attached hydrogen (secondary N) is 1. The van der Waals surface area contributed by atoms with Crippen LogP contribution in [-0.2, 0) is 0 Å². The molecule has 122 valence electrons. The highest BCUT2D eigenvalue weighted by atomic mass is 35.5. The fraction of sp³-hybridized carbons (Fsp3) is 0.562. The molecule has 0 radical (unpaired) electrons. The fourth-order valence-corrected chi connectivity index (χ4v) is 2.79. The van der Waals surface area contributed by atoms with E-state index in [4.69, 9.17) is 22.1 Å². The van der Waals surface area contributed by atoms with Crippen LogP contribution in [0.25, 0.3) is 0 Å². The van der Waals surface area contributed by atoms with E-state index in [0.29, 0.717) is 23.3 Å². The average Bonchev–Trinajstić information content (AvgIpc) is 2.49. The summed E-state index contributed by atoms with van der Waals surface area (Å²) in [6.45, 7) is 6.31. The molecule has 1 aliphatic heterocycles. The molecule has 1 aliphatic rings. The Morgan fingerprint density at radius 1 is 1.45 bits per heavy atom. The molecule has 1 heterocycles. The van der Waals surface area contributed by atoms with E-state index in [9.17, 15) is 0 Å². The van der Waals surface area contributed by atoms with E-state index in [1.54, 1.807) is 19.2 Å². The van der Waals surface area contributed by atoms with Crippen molar-refractivity contribution >= 4 is 23.2 Å². The van der Waals surface area contributed by atoms with Gasteiger partial charge in [0.2, 0.25) is 0 Å². The molecule has 0 unspecified atom stereocenters. The number of halogens is 1. The van der Waals surface area contributed by atoms with Gasteiger partial charge in [-0.25, -0.2) is 0 Å². The molecule has 5 nitrogen and oxygen atoms in total. The average molecular weight is 325 g/mol. The minimum atomic E-state index is 0.409. The molecule has 1 fully saturated rings. The molecule has 1 aromatic rings. The second kappa shape index (κ2) is 8.25. The molecule has 0 bridgehead atoms. The topological polar surface area (TPSA) is 62.9 Å². The van der Waals surface area contributed by atoms with Gasteiger partial charge in [0.25, 0.3) is 0 Å². The number of ether oxygens (including phenoxy) is 1. The number of nitrogens with zero attached hydrogens (tertiary/aromatic N) is 2. The number of methoxy groups -OCH3 is 1. The highest BCUT2D eigenvalue weighted by Gasteiger charge is 2.14. The van der Waals surface area contributed by atoms with Crippen molar-refractivity contribution in [1.82, 2.24) is 4.90 Å². The summed E-state index contributed by atoms with van der Waals surface area (Å²) < 4.78 is 5.12. The van der Waals surface area contributed by atoms with Gasteiger partial charge in [0.1, 0.15) is 5.75 Å². The number of anilines is 1. The Labute approximate surface area is 137 Å². The van der Waals surface area contributed by atoms with Crippen LogP contribution in [0.1, 0.15) is 19.8 Å². The van der Waals surface area contributed by atoms with E-state index in [-0.39, 0.29) is 0 Å². The largest absolute Gasteiger partial charge is 0.495 e. The molecule has 0 spiro atoms. The van der Waals surface area contributed by atoms with E-state index in [1.807, 2.05) is 6.07 Å². The van der Waals surface area contributed by atoms with Crippen LogP contribution in [0, 0.1) is 5.92 Å². The van der Waals surface area contributed by atoms with Crippen molar-refractivity contribution in [3.63, 3.8) is 0 Å². The summed E-state index contributed by atoms with van der Waals surface area (Å²) in [6, 6.07) is 5.43. The Kier molecular flexibility index (Phi) is 6.34. The minimum Gasteiger partial charge on any atom is -0.495 e. The SMILES string of the molecule is COc1ccc(NC(N)=NCCN2CCC(C)CC2)cc1Cl.